The molecule has 1 N–H and O–H groups in total. The lowest BCUT2D eigenvalue weighted by Gasteiger charge is -2.15. The van der Waals surface area contributed by atoms with Crippen molar-refractivity contribution in [3.63, 3.8) is 0 Å². The van der Waals surface area contributed by atoms with Gasteiger partial charge >= 0.3 is 5.69 Å². The molecule has 0 aliphatic heterocycles. The number of ketones is 1. The summed E-state index contributed by atoms with van der Waals surface area (Å²) in [4.78, 5) is 25.5. The molecule has 0 bridgehead atoms. The molecule has 3 aromatic rings. The van der Waals surface area contributed by atoms with Crippen LogP contribution in [0, 0.1) is 11.7 Å². The van der Waals surface area contributed by atoms with Gasteiger partial charge in [0.15, 0.2) is 11.6 Å². The van der Waals surface area contributed by atoms with Crippen LogP contribution in [0.3, 0.4) is 0 Å². The SMILES string of the molecule is CC(C)Cn1c(-c2ccsc2)nn(CC(=O)CC(CO)c2cccc(Cl)c2F)c1=O. The summed E-state index contributed by atoms with van der Waals surface area (Å²) < 4.78 is 17.0. The number of carbonyl (C=O) groups excluding carboxylic acids is 1. The number of carbonyl (C=O) groups is 1. The van der Waals surface area contributed by atoms with Crippen molar-refractivity contribution >= 4 is 28.7 Å². The van der Waals surface area contributed by atoms with Gasteiger partial charge in [-0.25, -0.2) is 13.9 Å². The Labute approximate surface area is 182 Å². The largest absolute Gasteiger partial charge is 0.396 e. The number of aromatic nitrogens is 3. The molecule has 160 valence electrons. The van der Waals surface area contributed by atoms with Crippen molar-refractivity contribution in [2.75, 3.05) is 6.61 Å². The highest BCUT2D eigenvalue weighted by atomic mass is 35.5. The summed E-state index contributed by atoms with van der Waals surface area (Å²) in [5.74, 6) is -0.993. The fourth-order valence-corrected chi connectivity index (χ4v) is 4.11. The normalized spacial score (nSPS) is 12.5. The van der Waals surface area contributed by atoms with Crippen molar-refractivity contribution < 1.29 is 14.3 Å². The molecule has 0 radical (unpaired) electrons. The minimum absolute atomic E-state index is 0.0672. The van der Waals surface area contributed by atoms with E-state index in [9.17, 15) is 19.1 Å². The van der Waals surface area contributed by atoms with E-state index in [1.807, 2.05) is 30.7 Å². The predicted octanol–water partition coefficient (Wildman–Crippen LogP) is 3.96. The van der Waals surface area contributed by atoms with Crippen molar-refractivity contribution in [3.05, 3.63) is 61.9 Å². The van der Waals surface area contributed by atoms with Crippen LogP contribution in [0.4, 0.5) is 4.39 Å². The van der Waals surface area contributed by atoms with Gasteiger partial charge in [0.2, 0.25) is 0 Å². The second kappa shape index (κ2) is 9.68. The fraction of sp³-hybridized carbons (Fsp3) is 0.381. The van der Waals surface area contributed by atoms with E-state index in [2.05, 4.69) is 5.10 Å². The fourth-order valence-electron chi connectivity index (χ4n) is 3.29. The Morgan fingerprint density at radius 3 is 2.73 bits per heavy atom. The highest BCUT2D eigenvalue weighted by molar-refractivity contribution is 7.08. The van der Waals surface area contributed by atoms with Crippen LogP contribution >= 0.6 is 22.9 Å². The van der Waals surface area contributed by atoms with Crippen molar-refractivity contribution in [1.29, 1.82) is 0 Å². The number of benzene rings is 1. The lowest BCUT2D eigenvalue weighted by atomic mass is 9.94. The van der Waals surface area contributed by atoms with Crippen molar-refractivity contribution in [2.45, 2.75) is 39.3 Å². The van der Waals surface area contributed by atoms with Gasteiger partial charge in [-0.1, -0.05) is 37.6 Å². The number of rotatable bonds is 9. The maximum atomic E-state index is 14.3. The molecule has 0 amide bonds. The molecule has 6 nitrogen and oxygen atoms in total. The van der Waals surface area contributed by atoms with Gasteiger partial charge in [-0.3, -0.25) is 9.36 Å². The highest BCUT2D eigenvalue weighted by Gasteiger charge is 2.23. The van der Waals surface area contributed by atoms with Crippen LogP contribution < -0.4 is 5.69 Å². The topological polar surface area (TPSA) is 77.1 Å². The summed E-state index contributed by atoms with van der Waals surface area (Å²) in [7, 11) is 0. The summed E-state index contributed by atoms with van der Waals surface area (Å²) in [6.45, 7) is 3.81. The van der Waals surface area contributed by atoms with Crippen LogP contribution in [0.5, 0.6) is 0 Å². The van der Waals surface area contributed by atoms with Crippen LogP contribution in [0.15, 0.2) is 39.8 Å². The van der Waals surface area contributed by atoms with Gasteiger partial charge in [0.1, 0.15) is 12.4 Å². The highest BCUT2D eigenvalue weighted by Crippen LogP contribution is 2.27. The van der Waals surface area contributed by atoms with Crippen LogP contribution in [0.1, 0.15) is 31.7 Å². The molecule has 9 heteroatoms. The van der Waals surface area contributed by atoms with E-state index < -0.39 is 18.3 Å². The number of nitrogens with zero attached hydrogens (tertiary/aromatic N) is 3. The number of hydrogen-bond acceptors (Lipinski definition) is 5. The van der Waals surface area contributed by atoms with Crippen molar-refractivity contribution in [3.8, 4) is 11.4 Å². The zero-order valence-corrected chi connectivity index (χ0v) is 18.3. The minimum atomic E-state index is -0.749. The van der Waals surface area contributed by atoms with Gasteiger partial charge in [0, 0.05) is 29.8 Å². The summed E-state index contributed by atoms with van der Waals surface area (Å²) >= 11 is 7.31. The monoisotopic (exact) mass is 451 g/mol. The van der Waals surface area contributed by atoms with E-state index >= 15 is 0 Å². The maximum absolute atomic E-state index is 14.3. The molecule has 0 aliphatic carbocycles. The first-order valence-electron chi connectivity index (χ1n) is 9.58. The third-order valence-corrected chi connectivity index (χ3v) is 5.67. The first-order chi connectivity index (χ1) is 14.3. The van der Waals surface area contributed by atoms with Crippen LogP contribution in [-0.2, 0) is 17.9 Å². The van der Waals surface area contributed by atoms with Crippen molar-refractivity contribution in [2.24, 2.45) is 5.92 Å². The van der Waals surface area contributed by atoms with E-state index in [1.165, 1.54) is 23.5 Å². The molecular weight excluding hydrogens is 429 g/mol. The molecule has 0 spiro atoms. The third-order valence-electron chi connectivity index (χ3n) is 4.69. The number of Topliss-reactive ketones (excluding diaryl/α,β-unsaturated/α-hetero) is 1. The second-order valence-corrected chi connectivity index (χ2v) is 8.73. The van der Waals surface area contributed by atoms with Gasteiger partial charge < -0.3 is 5.11 Å². The van der Waals surface area contributed by atoms with E-state index in [1.54, 1.807) is 10.6 Å². The number of halogens is 2. The van der Waals surface area contributed by atoms with Gasteiger partial charge in [-0.05, 0) is 29.0 Å². The lowest BCUT2D eigenvalue weighted by Crippen LogP contribution is -2.29. The van der Waals surface area contributed by atoms with E-state index in [0.717, 1.165) is 10.2 Å². The smallest absolute Gasteiger partial charge is 0.346 e. The Morgan fingerprint density at radius 2 is 2.10 bits per heavy atom. The first kappa shape index (κ1) is 22.4. The molecule has 1 atom stereocenters. The number of aliphatic hydroxyl groups excluding tert-OH is 1. The third kappa shape index (κ3) is 4.88. The standard InChI is InChI=1S/C21H23ClFN3O3S/c1-13(2)9-25-20(14-6-7-30-12-14)24-26(21(25)29)10-16(28)8-15(11-27)17-4-3-5-18(22)19(17)23/h3-7,12-13,15,27H,8-11H2,1-2H3. The number of aliphatic hydroxyl groups is 1. The lowest BCUT2D eigenvalue weighted by molar-refractivity contribution is -0.120. The predicted molar refractivity (Wildman–Crippen MR) is 115 cm³/mol. The molecule has 0 fully saturated rings. The zero-order valence-electron chi connectivity index (χ0n) is 16.7. The molecule has 1 aromatic carbocycles. The van der Waals surface area contributed by atoms with Crippen LogP contribution in [0.2, 0.25) is 5.02 Å². The first-order valence-corrected chi connectivity index (χ1v) is 10.9. The Morgan fingerprint density at radius 1 is 1.33 bits per heavy atom. The molecule has 1 unspecified atom stereocenters. The van der Waals surface area contributed by atoms with Gasteiger partial charge in [-0.15, -0.1) is 5.10 Å². The summed E-state index contributed by atoms with van der Waals surface area (Å²) in [5.41, 5.74) is 0.626. The molecule has 3 rings (SSSR count). The minimum Gasteiger partial charge on any atom is -0.396 e. The van der Waals surface area contributed by atoms with Gasteiger partial charge in [-0.2, -0.15) is 11.3 Å². The molecule has 0 saturated heterocycles. The Bertz CT molecular complexity index is 1080. The Kier molecular flexibility index (Phi) is 7.23. The molecule has 2 heterocycles. The van der Waals surface area contributed by atoms with Crippen LogP contribution in [0.25, 0.3) is 11.4 Å². The average Bonchev–Trinajstić information content (AvgIpc) is 3.32. The maximum Gasteiger partial charge on any atom is 0.346 e. The van der Waals surface area contributed by atoms with E-state index in [-0.39, 0.29) is 40.9 Å². The van der Waals surface area contributed by atoms with Crippen LogP contribution in [-0.4, -0.2) is 31.8 Å². The van der Waals surface area contributed by atoms with Gasteiger partial charge in [0.05, 0.1) is 11.6 Å². The van der Waals surface area contributed by atoms with Crippen molar-refractivity contribution in [1.82, 2.24) is 14.3 Å². The Hall–Kier alpha value is -2.29. The molecule has 30 heavy (non-hydrogen) atoms. The average molecular weight is 452 g/mol. The summed E-state index contributed by atoms with van der Waals surface area (Å²) in [6.07, 6.45) is -0.134. The number of thiophene rings is 1. The molecular formula is C21H23ClFN3O3S. The van der Waals surface area contributed by atoms with Gasteiger partial charge in [0.25, 0.3) is 0 Å². The molecule has 0 saturated carbocycles. The summed E-state index contributed by atoms with van der Waals surface area (Å²) in [6, 6.07) is 6.34. The Balaban J connectivity index is 1.84. The molecule has 0 aliphatic rings. The molecule has 2 aromatic heterocycles. The van der Waals surface area contributed by atoms with E-state index in [0.29, 0.717) is 12.4 Å². The summed E-state index contributed by atoms with van der Waals surface area (Å²) in [5, 5.41) is 17.8. The zero-order chi connectivity index (χ0) is 21.8. The quantitative estimate of drug-likeness (QED) is 0.534. The number of hydrogen-bond donors (Lipinski definition) is 1. The second-order valence-electron chi connectivity index (χ2n) is 7.55. The van der Waals surface area contributed by atoms with E-state index in [4.69, 9.17) is 11.6 Å².